The van der Waals surface area contributed by atoms with Crippen molar-refractivity contribution in [3.63, 3.8) is 0 Å². The number of nitrogens with one attached hydrogen (secondary N) is 1. The molecule has 0 fully saturated rings. The number of nitrogens with zero attached hydrogens (tertiary/aromatic N) is 3. The van der Waals surface area contributed by atoms with Crippen molar-refractivity contribution < 1.29 is 4.79 Å². The number of carbonyl (C=O) groups is 1. The predicted octanol–water partition coefficient (Wildman–Crippen LogP) is 4.52. The van der Waals surface area contributed by atoms with Gasteiger partial charge in [-0.1, -0.05) is 53.8 Å². The summed E-state index contributed by atoms with van der Waals surface area (Å²) in [5.74, 6) is -0.206. The summed E-state index contributed by atoms with van der Waals surface area (Å²) in [4.78, 5) is 16.4. The SMILES string of the molecule is O=C(Nc1nnc(-c2ccncc2)s1)c1ccc(-c2ccccc2)cc1. The van der Waals surface area contributed by atoms with Crippen molar-refractivity contribution in [2.45, 2.75) is 0 Å². The first-order chi connectivity index (χ1) is 12.8. The molecule has 126 valence electrons. The van der Waals surface area contributed by atoms with Crippen LogP contribution in [0.2, 0.25) is 0 Å². The summed E-state index contributed by atoms with van der Waals surface area (Å²) in [5, 5.41) is 12.2. The fourth-order valence-electron chi connectivity index (χ4n) is 2.50. The Morgan fingerprint density at radius 2 is 1.46 bits per heavy atom. The molecule has 0 atom stereocenters. The van der Waals surface area contributed by atoms with E-state index in [1.165, 1.54) is 11.3 Å². The lowest BCUT2D eigenvalue weighted by Crippen LogP contribution is -2.11. The normalized spacial score (nSPS) is 10.5. The van der Waals surface area contributed by atoms with Crippen LogP contribution in [0.5, 0.6) is 0 Å². The van der Waals surface area contributed by atoms with E-state index in [-0.39, 0.29) is 5.91 Å². The molecule has 0 saturated carbocycles. The van der Waals surface area contributed by atoms with Gasteiger partial charge in [-0.25, -0.2) is 0 Å². The smallest absolute Gasteiger partial charge is 0.257 e. The number of hydrogen-bond acceptors (Lipinski definition) is 5. The number of carbonyl (C=O) groups excluding carboxylic acids is 1. The molecule has 0 saturated heterocycles. The first kappa shape index (κ1) is 16.1. The zero-order valence-corrected chi connectivity index (χ0v) is 14.5. The molecule has 1 N–H and O–H groups in total. The summed E-state index contributed by atoms with van der Waals surface area (Å²) in [7, 11) is 0. The lowest BCUT2D eigenvalue weighted by molar-refractivity contribution is 0.102. The maximum atomic E-state index is 12.4. The summed E-state index contributed by atoms with van der Waals surface area (Å²) in [6.07, 6.45) is 3.40. The Balaban J connectivity index is 1.48. The molecule has 0 radical (unpaired) electrons. The monoisotopic (exact) mass is 358 g/mol. The highest BCUT2D eigenvalue weighted by Crippen LogP contribution is 2.26. The Kier molecular flexibility index (Phi) is 4.49. The van der Waals surface area contributed by atoms with Gasteiger partial charge in [0.2, 0.25) is 5.13 Å². The van der Waals surface area contributed by atoms with Gasteiger partial charge in [0.15, 0.2) is 0 Å². The molecule has 0 aliphatic heterocycles. The molecule has 4 rings (SSSR count). The highest BCUT2D eigenvalue weighted by atomic mass is 32.1. The van der Waals surface area contributed by atoms with Gasteiger partial charge in [0.1, 0.15) is 5.01 Å². The largest absolute Gasteiger partial charge is 0.296 e. The summed E-state index contributed by atoms with van der Waals surface area (Å²) in [6, 6.07) is 21.2. The minimum Gasteiger partial charge on any atom is -0.296 e. The maximum absolute atomic E-state index is 12.4. The Morgan fingerprint density at radius 1 is 0.769 bits per heavy atom. The van der Waals surface area contributed by atoms with Crippen LogP contribution in [0, 0.1) is 0 Å². The van der Waals surface area contributed by atoms with Gasteiger partial charge in [-0.2, -0.15) is 0 Å². The second kappa shape index (κ2) is 7.25. The van der Waals surface area contributed by atoms with Crippen molar-refractivity contribution in [3.05, 3.63) is 84.7 Å². The van der Waals surface area contributed by atoms with E-state index in [1.54, 1.807) is 12.4 Å². The van der Waals surface area contributed by atoms with Gasteiger partial charge in [0, 0.05) is 23.5 Å². The third-order valence-electron chi connectivity index (χ3n) is 3.83. The topological polar surface area (TPSA) is 67.8 Å². The molecule has 0 spiro atoms. The summed E-state index contributed by atoms with van der Waals surface area (Å²) in [5.41, 5.74) is 3.68. The number of amides is 1. The van der Waals surface area contributed by atoms with E-state index in [4.69, 9.17) is 0 Å². The quantitative estimate of drug-likeness (QED) is 0.582. The fourth-order valence-corrected chi connectivity index (χ4v) is 3.24. The second-order valence-electron chi connectivity index (χ2n) is 5.55. The molecule has 0 unspecified atom stereocenters. The lowest BCUT2D eigenvalue weighted by atomic mass is 10.0. The fraction of sp³-hybridized carbons (Fsp3) is 0. The molecule has 0 aliphatic carbocycles. The standard InChI is InChI=1S/C20H14N4OS/c25-18(16-8-6-15(7-9-16)14-4-2-1-3-5-14)22-20-24-23-19(26-20)17-10-12-21-13-11-17/h1-13H,(H,22,24,25). The number of aromatic nitrogens is 3. The molecule has 26 heavy (non-hydrogen) atoms. The summed E-state index contributed by atoms with van der Waals surface area (Å²) in [6.45, 7) is 0. The third kappa shape index (κ3) is 3.50. The summed E-state index contributed by atoms with van der Waals surface area (Å²) >= 11 is 1.33. The van der Waals surface area contributed by atoms with E-state index in [2.05, 4.69) is 20.5 Å². The predicted molar refractivity (Wildman–Crippen MR) is 103 cm³/mol. The molecule has 1 amide bonds. The highest BCUT2D eigenvalue weighted by molar-refractivity contribution is 7.18. The summed E-state index contributed by atoms with van der Waals surface area (Å²) < 4.78 is 0. The second-order valence-corrected chi connectivity index (χ2v) is 6.52. The molecule has 5 nitrogen and oxygen atoms in total. The van der Waals surface area contributed by atoms with Gasteiger partial charge in [0.25, 0.3) is 5.91 Å². The zero-order valence-electron chi connectivity index (χ0n) is 13.7. The lowest BCUT2D eigenvalue weighted by Gasteiger charge is -2.04. The molecular weight excluding hydrogens is 344 g/mol. The molecular formula is C20H14N4OS. The van der Waals surface area contributed by atoms with Crippen molar-refractivity contribution >= 4 is 22.4 Å². The molecule has 6 heteroatoms. The van der Waals surface area contributed by atoms with Crippen LogP contribution in [-0.4, -0.2) is 21.1 Å². The van der Waals surface area contributed by atoms with Gasteiger partial charge in [0.05, 0.1) is 0 Å². The molecule has 0 aliphatic rings. The van der Waals surface area contributed by atoms with E-state index in [0.717, 1.165) is 21.7 Å². The molecule has 0 bridgehead atoms. The van der Waals surface area contributed by atoms with Crippen LogP contribution in [0.1, 0.15) is 10.4 Å². The molecule has 4 aromatic rings. The molecule has 2 aromatic heterocycles. The number of rotatable bonds is 4. The van der Waals surface area contributed by atoms with Crippen LogP contribution in [0.25, 0.3) is 21.7 Å². The van der Waals surface area contributed by atoms with Crippen LogP contribution in [0.4, 0.5) is 5.13 Å². The van der Waals surface area contributed by atoms with E-state index >= 15 is 0 Å². The van der Waals surface area contributed by atoms with Gasteiger partial charge < -0.3 is 0 Å². The first-order valence-corrected chi connectivity index (χ1v) is 8.82. The number of anilines is 1. The van der Waals surface area contributed by atoms with Gasteiger partial charge >= 0.3 is 0 Å². The van der Waals surface area contributed by atoms with Gasteiger partial charge in [-0.3, -0.25) is 15.1 Å². The van der Waals surface area contributed by atoms with Crippen molar-refractivity contribution in [2.75, 3.05) is 5.32 Å². The average Bonchev–Trinajstić information content (AvgIpc) is 3.18. The third-order valence-corrected chi connectivity index (χ3v) is 4.71. The van der Waals surface area contributed by atoms with E-state index in [9.17, 15) is 4.79 Å². The number of benzene rings is 2. The van der Waals surface area contributed by atoms with Crippen LogP contribution in [0.15, 0.2) is 79.1 Å². The van der Waals surface area contributed by atoms with Crippen LogP contribution >= 0.6 is 11.3 Å². The van der Waals surface area contributed by atoms with Gasteiger partial charge in [-0.15, -0.1) is 10.2 Å². The zero-order chi connectivity index (χ0) is 17.8. The Bertz CT molecular complexity index is 1010. The molecule has 2 aromatic carbocycles. The van der Waals surface area contributed by atoms with Crippen molar-refractivity contribution in [1.29, 1.82) is 0 Å². The number of hydrogen-bond donors (Lipinski definition) is 1. The van der Waals surface area contributed by atoms with Crippen molar-refractivity contribution in [3.8, 4) is 21.7 Å². The van der Waals surface area contributed by atoms with Gasteiger partial charge in [-0.05, 0) is 35.4 Å². The Labute approximate surface area is 154 Å². The minimum atomic E-state index is -0.206. The van der Waals surface area contributed by atoms with E-state index < -0.39 is 0 Å². The van der Waals surface area contributed by atoms with E-state index in [1.807, 2.05) is 66.7 Å². The number of pyridine rings is 1. The van der Waals surface area contributed by atoms with Crippen LogP contribution in [0.3, 0.4) is 0 Å². The van der Waals surface area contributed by atoms with E-state index in [0.29, 0.717) is 10.7 Å². The van der Waals surface area contributed by atoms with Crippen molar-refractivity contribution in [1.82, 2.24) is 15.2 Å². The van der Waals surface area contributed by atoms with Crippen molar-refractivity contribution in [2.24, 2.45) is 0 Å². The average molecular weight is 358 g/mol. The minimum absolute atomic E-state index is 0.206. The van der Waals surface area contributed by atoms with Crippen LogP contribution < -0.4 is 5.32 Å². The Morgan fingerprint density at radius 3 is 2.19 bits per heavy atom. The maximum Gasteiger partial charge on any atom is 0.257 e. The highest BCUT2D eigenvalue weighted by Gasteiger charge is 2.11. The van der Waals surface area contributed by atoms with Crippen LogP contribution in [-0.2, 0) is 0 Å². The first-order valence-electron chi connectivity index (χ1n) is 8.00. The molecule has 2 heterocycles. The Hall–Kier alpha value is -3.38.